The summed E-state index contributed by atoms with van der Waals surface area (Å²) < 4.78 is 39.1. The fourth-order valence-corrected chi connectivity index (χ4v) is 4.91. The van der Waals surface area contributed by atoms with Crippen LogP contribution in [0.5, 0.6) is 5.95 Å². The first kappa shape index (κ1) is 21.5. The highest BCUT2D eigenvalue weighted by atomic mass is 79.9. The lowest BCUT2D eigenvalue weighted by molar-refractivity contribution is 0.249. The van der Waals surface area contributed by atoms with Crippen LogP contribution in [0.3, 0.4) is 0 Å². The smallest absolute Gasteiger partial charge is 0.346 e. The molecule has 3 aromatic carbocycles. The second-order valence-electron chi connectivity index (χ2n) is 6.59. The van der Waals surface area contributed by atoms with Crippen molar-refractivity contribution in [3.05, 3.63) is 70.0 Å². The summed E-state index contributed by atoms with van der Waals surface area (Å²) in [6.07, 6.45) is 0. The minimum Gasteiger partial charge on any atom is -0.463 e. The molecule has 31 heavy (non-hydrogen) atoms. The van der Waals surface area contributed by atoms with Crippen LogP contribution in [-0.4, -0.2) is 20.4 Å². The van der Waals surface area contributed by atoms with Gasteiger partial charge in [-0.05, 0) is 24.3 Å². The normalized spacial score (nSPS) is 11.7. The number of anilines is 2. The van der Waals surface area contributed by atoms with Gasteiger partial charge in [-0.25, -0.2) is 13.2 Å². The number of ether oxygens (including phenoxy) is 1. The van der Waals surface area contributed by atoms with Gasteiger partial charge in [0.1, 0.15) is 11.6 Å². The van der Waals surface area contributed by atoms with E-state index in [-0.39, 0.29) is 33.5 Å². The maximum atomic E-state index is 13.1. The molecule has 0 aliphatic heterocycles. The van der Waals surface area contributed by atoms with Gasteiger partial charge in [0.05, 0.1) is 10.3 Å². The topological polar surface area (TPSA) is 112 Å². The molecule has 0 fully saturated rings. The predicted octanol–water partition coefficient (Wildman–Crippen LogP) is 4.76. The molecule has 0 aliphatic rings. The molecule has 1 heterocycles. The van der Waals surface area contributed by atoms with Crippen molar-refractivity contribution in [3.63, 3.8) is 0 Å². The molecule has 0 bridgehead atoms. The highest BCUT2D eigenvalue weighted by Gasteiger charge is 2.20. The average molecular weight is 524 g/mol. The number of hydrogen-bond donors (Lipinski definition) is 2. The first-order valence-electron chi connectivity index (χ1n) is 9.07. The molecule has 0 amide bonds. The summed E-state index contributed by atoms with van der Waals surface area (Å²) in [5.74, 6) is -0.0831. The Morgan fingerprint density at radius 1 is 1.03 bits per heavy atom. The van der Waals surface area contributed by atoms with Gasteiger partial charge in [0.2, 0.25) is 0 Å². The number of sulfonamides is 1. The number of nitrogens with two attached hydrogens (primary N) is 1. The molecule has 0 aliphatic carbocycles. The van der Waals surface area contributed by atoms with Crippen molar-refractivity contribution < 1.29 is 17.6 Å². The number of nitrogen functional groups attached to an aromatic ring is 1. The van der Waals surface area contributed by atoms with Crippen molar-refractivity contribution >= 4 is 70.5 Å². The third kappa shape index (κ3) is 4.08. The van der Waals surface area contributed by atoms with E-state index in [1.54, 1.807) is 30.3 Å². The Morgan fingerprint density at radius 2 is 1.77 bits per heavy atom. The summed E-state index contributed by atoms with van der Waals surface area (Å²) in [6, 6.07) is 14.4. The van der Waals surface area contributed by atoms with Gasteiger partial charge in [0.25, 0.3) is 10.0 Å². The van der Waals surface area contributed by atoms with Gasteiger partial charge in [-0.15, -0.1) is 0 Å². The van der Waals surface area contributed by atoms with E-state index in [1.165, 1.54) is 24.3 Å². The van der Waals surface area contributed by atoms with Crippen LogP contribution >= 0.6 is 27.5 Å². The van der Waals surface area contributed by atoms with Gasteiger partial charge in [-0.3, -0.25) is 4.72 Å². The van der Waals surface area contributed by atoms with Crippen LogP contribution in [0.25, 0.3) is 21.5 Å². The van der Waals surface area contributed by atoms with Crippen molar-refractivity contribution in [2.75, 3.05) is 22.4 Å². The van der Waals surface area contributed by atoms with E-state index in [2.05, 4.69) is 20.7 Å². The van der Waals surface area contributed by atoms with Gasteiger partial charge in [0.15, 0.2) is 0 Å². The van der Waals surface area contributed by atoms with Gasteiger partial charge in [-0.2, -0.15) is 0 Å². The summed E-state index contributed by atoms with van der Waals surface area (Å²) >= 11 is 9.50. The summed E-state index contributed by atoms with van der Waals surface area (Å²) in [5.41, 5.74) is 5.94. The van der Waals surface area contributed by atoms with Gasteiger partial charge in [-0.1, -0.05) is 57.9 Å². The van der Waals surface area contributed by atoms with Crippen LogP contribution in [0.15, 0.2) is 68.7 Å². The fraction of sp³-hybridized carbons (Fsp3) is 0.0952. The molecule has 4 rings (SSSR count). The third-order valence-corrected chi connectivity index (χ3v) is 6.73. The molecule has 0 saturated heterocycles. The molecular weight excluding hydrogens is 508 g/mol. The SMILES string of the molecule is Nc1ccc(S(=O)(=O)Nc2ccc3c(Cl)c(OCCBr)oc(=O)c3c2)c2ccccc12. The molecule has 1 aromatic heterocycles. The molecule has 0 unspecified atom stereocenters. The van der Waals surface area contributed by atoms with Crippen LogP contribution in [-0.2, 0) is 10.0 Å². The Balaban J connectivity index is 1.76. The monoisotopic (exact) mass is 522 g/mol. The van der Waals surface area contributed by atoms with Crippen molar-refractivity contribution in [2.45, 2.75) is 4.90 Å². The second-order valence-corrected chi connectivity index (χ2v) is 9.41. The number of benzene rings is 3. The zero-order chi connectivity index (χ0) is 22.2. The molecule has 4 aromatic rings. The first-order valence-corrected chi connectivity index (χ1v) is 12.1. The van der Waals surface area contributed by atoms with Crippen molar-refractivity contribution in [1.29, 1.82) is 0 Å². The van der Waals surface area contributed by atoms with Gasteiger partial charge in [0, 0.05) is 32.9 Å². The van der Waals surface area contributed by atoms with Crippen LogP contribution < -0.4 is 20.8 Å². The molecule has 10 heteroatoms. The lowest BCUT2D eigenvalue weighted by Gasteiger charge is -2.13. The van der Waals surface area contributed by atoms with Crippen LogP contribution in [0.1, 0.15) is 0 Å². The summed E-state index contributed by atoms with van der Waals surface area (Å²) in [7, 11) is -3.97. The van der Waals surface area contributed by atoms with E-state index < -0.39 is 15.6 Å². The number of halogens is 2. The largest absolute Gasteiger partial charge is 0.463 e. The highest BCUT2D eigenvalue weighted by molar-refractivity contribution is 9.09. The quantitative estimate of drug-likeness (QED) is 0.278. The maximum Gasteiger partial charge on any atom is 0.346 e. The molecular formula is C21H16BrClN2O5S. The summed E-state index contributed by atoms with van der Waals surface area (Å²) in [5, 5.41) is 2.31. The minimum absolute atomic E-state index is 0.0704. The lowest BCUT2D eigenvalue weighted by Crippen LogP contribution is -2.14. The Labute approximate surface area is 190 Å². The molecule has 0 spiro atoms. The maximum absolute atomic E-state index is 13.1. The average Bonchev–Trinajstić information content (AvgIpc) is 2.75. The van der Waals surface area contributed by atoms with Crippen molar-refractivity contribution in [3.8, 4) is 5.95 Å². The Bertz CT molecular complexity index is 1470. The second kappa shape index (κ2) is 8.41. The lowest BCUT2D eigenvalue weighted by atomic mass is 10.1. The van der Waals surface area contributed by atoms with Crippen LogP contribution in [0.4, 0.5) is 11.4 Å². The van der Waals surface area contributed by atoms with Crippen LogP contribution in [0, 0.1) is 0 Å². The Hall–Kier alpha value is -2.75. The number of nitrogens with one attached hydrogen (secondary N) is 1. The first-order chi connectivity index (χ1) is 14.8. The standard InChI is InChI=1S/C21H16BrClN2O5S/c22-9-10-29-21-19(23)15-6-5-12(11-16(15)20(26)30-21)25-31(27,28)18-8-7-17(24)13-3-1-2-4-14(13)18/h1-8,11,25H,9-10,24H2. The Kier molecular flexibility index (Phi) is 5.83. The summed E-state index contributed by atoms with van der Waals surface area (Å²) in [6.45, 7) is 0.265. The zero-order valence-corrected chi connectivity index (χ0v) is 19.1. The van der Waals surface area contributed by atoms with E-state index in [0.717, 1.165) is 0 Å². The van der Waals surface area contributed by atoms with Crippen molar-refractivity contribution in [1.82, 2.24) is 0 Å². The number of fused-ring (bicyclic) bond motifs is 2. The third-order valence-electron chi connectivity index (χ3n) is 4.61. The molecule has 0 saturated carbocycles. The molecule has 0 radical (unpaired) electrons. The van der Waals surface area contributed by atoms with Crippen molar-refractivity contribution in [2.24, 2.45) is 0 Å². The minimum atomic E-state index is -3.97. The number of rotatable bonds is 6. The molecule has 3 N–H and O–H groups in total. The van der Waals surface area contributed by atoms with E-state index in [9.17, 15) is 13.2 Å². The van der Waals surface area contributed by atoms with E-state index in [4.69, 9.17) is 26.5 Å². The predicted molar refractivity (Wildman–Crippen MR) is 126 cm³/mol. The van der Waals surface area contributed by atoms with E-state index >= 15 is 0 Å². The number of alkyl halides is 1. The fourth-order valence-electron chi connectivity index (χ4n) is 3.23. The van der Waals surface area contributed by atoms with E-state index in [0.29, 0.717) is 27.2 Å². The molecule has 160 valence electrons. The zero-order valence-electron chi connectivity index (χ0n) is 15.9. The van der Waals surface area contributed by atoms with Gasteiger partial charge >= 0.3 is 11.6 Å². The Morgan fingerprint density at radius 3 is 2.52 bits per heavy atom. The summed E-state index contributed by atoms with van der Waals surface area (Å²) in [4.78, 5) is 12.5. The highest BCUT2D eigenvalue weighted by Crippen LogP contribution is 2.33. The van der Waals surface area contributed by atoms with Crippen LogP contribution in [0.2, 0.25) is 5.02 Å². The van der Waals surface area contributed by atoms with Gasteiger partial charge < -0.3 is 14.9 Å². The number of hydrogen-bond acceptors (Lipinski definition) is 6. The van der Waals surface area contributed by atoms with E-state index in [1.807, 2.05) is 0 Å². The molecule has 7 nitrogen and oxygen atoms in total. The molecule has 0 atom stereocenters.